The topological polar surface area (TPSA) is 9.23 Å². The monoisotopic (exact) mass is 370 g/mol. The standard InChI is InChI=1S/C26H42O/c1-3-5-7-21-8-10-22(11-9-21)23-12-14-24(15-13-23)25-16-18-26(19-17-25)27-20-6-4-2/h16-19,21-24H,3-15,20H2,1-2H3/t21-,22-,23-,24-. The van der Waals surface area contributed by atoms with Crippen LogP contribution in [0.1, 0.15) is 109 Å². The first-order valence-corrected chi connectivity index (χ1v) is 12.0. The molecule has 2 fully saturated rings. The second-order valence-corrected chi connectivity index (χ2v) is 9.31. The molecule has 1 aromatic carbocycles. The summed E-state index contributed by atoms with van der Waals surface area (Å²) in [7, 11) is 0. The van der Waals surface area contributed by atoms with Crippen molar-refractivity contribution in [2.45, 2.75) is 103 Å². The zero-order chi connectivity index (χ0) is 18.9. The molecule has 2 saturated carbocycles. The Hall–Kier alpha value is -0.980. The summed E-state index contributed by atoms with van der Waals surface area (Å²) in [5.41, 5.74) is 1.54. The van der Waals surface area contributed by atoms with Crippen LogP contribution in [-0.2, 0) is 0 Å². The second kappa shape index (κ2) is 11.1. The molecule has 1 aromatic rings. The molecule has 0 aliphatic heterocycles. The van der Waals surface area contributed by atoms with Gasteiger partial charge in [-0.05, 0) is 86.3 Å². The normalized spacial score (nSPS) is 28.8. The maximum atomic E-state index is 5.82. The highest BCUT2D eigenvalue weighted by atomic mass is 16.5. The molecule has 0 saturated heterocycles. The summed E-state index contributed by atoms with van der Waals surface area (Å²) >= 11 is 0. The molecule has 0 bridgehead atoms. The second-order valence-electron chi connectivity index (χ2n) is 9.31. The molecule has 0 aromatic heterocycles. The van der Waals surface area contributed by atoms with E-state index in [1.165, 1.54) is 77.0 Å². The molecule has 1 heteroatoms. The predicted molar refractivity (Wildman–Crippen MR) is 117 cm³/mol. The van der Waals surface area contributed by atoms with Crippen LogP contribution in [0.5, 0.6) is 5.75 Å². The molecule has 3 rings (SSSR count). The summed E-state index contributed by atoms with van der Waals surface area (Å²) in [5.74, 6) is 4.94. The highest BCUT2D eigenvalue weighted by Gasteiger charge is 2.31. The minimum Gasteiger partial charge on any atom is -0.494 e. The third-order valence-electron chi connectivity index (χ3n) is 7.41. The van der Waals surface area contributed by atoms with Gasteiger partial charge in [0.15, 0.2) is 0 Å². The number of hydrogen-bond acceptors (Lipinski definition) is 1. The summed E-state index contributed by atoms with van der Waals surface area (Å²) < 4.78 is 5.82. The van der Waals surface area contributed by atoms with E-state index in [1.807, 2.05) is 0 Å². The van der Waals surface area contributed by atoms with E-state index in [1.54, 1.807) is 5.56 Å². The maximum absolute atomic E-state index is 5.82. The summed E-state index contributed by atoms with van der Waals surface area (Å²) in [5, 5.41) is 0. The first-order chi connectivity index (χ1) is 13.3. The average molecular weight is 371 g/mol. The van der Waals surface area contributed by atoms with Crippen molar-refractivity contribution >= 4 is 0 Å². The lowest BCUT2D eigenvalue weighted by molar-refractivity contribution is 0.156. The van der Waals surface area contributed by atoms with Crippen molar-refractivity contribution in [2.24, 2.45) is 17.8 Å². The quantitative estimate of drug-likeness (QED) is 0.399. The molecular formula is C26H42O. The molecule has 0 atom stereocenters. The van der Waals surface area contributed by atoms with Crippen LogP contribution < -0.4 is 4.74 Å². The van der Waals surface area contributed by atoms with Gasteiger partial charge in [-0.25, -0.2) is 0 Å². The van der Waals surface area contributed by atoms with Crippen LogP contribution in [0.2, 0.25) is 0 Å². The smallest absolute Gasteiger partial charge is 0.119 e. The predicted octanol–water partition coefficient (Wildman–Crippen LogP) is 8.14. The van der Waals surface area contributed by atoms with E-state index in [0.29, 0.717) is 0 Å². The maximum Gasteiger partial charge on any atom is 0.119 e. The molecule has 0 amide bonds. The van der Waals surface area contributed by atoms with Crippen molar-refractivity contribution in [3.63, 3.8) is 0 Å². The molecule has 2 aliphatic carbocycles. The van der Waals surface area contributed by atoms with Gasteiger partial charge >= 0.3 is 0 Å². The number of unbranched alkanes of at least 4 members (excludes halogenated alkanes) is 2. The number of hydrogen-bond donors (Lipinski definition) is 0. The van der Waals surface area contributed by atoms with Crippen LogP contribution in [0.25, 0.3) is 0 Å². The minimum absolute atomic E-state index is 0.784. The lowest BCUT2D eigenvalue weighted by Gasteiger charge is -2.38. The molecule has 152 valence electrons. The Bertz CT molecular complexity index is 504. The van der Waals surface area contributed by atoms with Gasteiger partial charge in [-0.2, -0.15) is 0 Å². The van der Waals surface area contributed by atoms with Crippen molar-refractivity contribution in [1.29, 1.82) is 0 Å². The molecule has 0 N–H and O–H groups in total. The van der Waals surface area contributed by atoms with E-state index in [9.17, 15) is 0 Å². The fourth-order valence-corrected chi connectivity index (χ4v) is 5.54. The van der Waals surface area contributed by atoms with Gasteiger partial charge in [-0.15, -0.1) is 0 Å². The third kappa shape index (κ3) is 6.26. The largest absolute Gasteiger partial charge is 0.494 e. The van der Waals surface area contributed by atoms with Crippen LogP contribution in [0.4, 0.5) is 0 Å². The van der Waals surface area contributed by atoms with Crippen LogP contribution in [-0.4, -0.2) is 6.61 Å². The highest BCUT2D eigenvalue weighted by molar-refractivity contribution is 5.29. The molecule has 0 heterocycles. The van der Waals surface area contributed by atoms with Crippen LogP contribution >= 0.6 is 0 Å². The van der Waals surface area contributed by atoms with Crippen molar-refractivity contribution in [1.82, 2.24) is 0 Å². The Morgan fingerprint density at radius 1 is 0.741 bits per heavy atom. The van der Waals surface area contributed by atoms with E-state index in [2.05, 4.69) is 38.1 Å². The lowest BCUT2D eigenvalue weighted by atomic mass is 9.68. The fourth-order valence-electron chi connectivity index (χ4n) is 5.54. The van der Waals surface area contributed by atoms with Gasteiger partial charge in [-0.3, -0.25) is 0 Å². The molecule has 0 radical (unpaired) electrons. The van der Waals surface area contributed by atoms with Gasteiger partial charge < -0.3 is 4.74 Å². The average Bonchev–Trinajstić information content (AvgIpc) is 2.73. The third-order valence-corrected chi connectivity index (χ3v) is 7.41. The van der Waals surface area contributed by atoms with Gasteiger partial charge in [-0.1, -0.05) is 64.5 Å². The van der Waals surface area contributed by atoms with E-state index in [-0.39, 0.29) is 0 Å². The molecule has 0 spiro atoms. The first-order valence-electron chi connectivity index (χ1n) is 12.0. The summed E-state index contributed by atoms with van der Waals surface area (Å²) in [4.78, 5) is 0. The van der Waals surface area contributed by atoms with Gasteiger partial charge in [0.25, 0.3) is 0 Å². The van der Waals surface area contributed by atoms with Crippen molar-refractivity contribution in [2.75, 3.05) is 6.61 Å². The summed E-state index contributed by atoms with van der Waals surface area (Å²) in [6, 6.07) is 9.03. The Morgan fingerprint density at radius 3 is 1.93 bits per heavy atom. The van der Waals surface area contributed by atoms with E-state index < -0.39 is 0 Å². The Kier molecular flexibility index (Phi) is 8.55. The first kappa shape index (κ1) is 20.7. The highest BCUT2D eigenvalue weighted by Crippen LogP contribution is 2.44. The zero-order valence-corrected chi connectivity index (χ0v) is 17.9. The molecule has 0 unspecified atom stereocenters. The number of rotatable bonds is 9. The van der Waals surface area contributed by atoms with Crippen LogP contribution in [0.15, 0.2) is 24.3 Å². The lowest BCUT2D eigenvalue weighted by Crippen LogP contribution is -2.25. The fraction of sp³-hybridized carbons (Fsp3) is 0.769. The Balaban J connectivity index is 1.40. The molecule has 2 aliphatic rings. The number of benzene rings is 1. The van der Waals surface area contributed by atoms with Gasteiger partial charge in [0.05, 0.1) is 6.61 Å². The van der Waals surface area contributed by atoms with Crippen molar-refractivity contribution in [3.05, 3.63) is 29.8 Å². The Morgan fingerprint density at radius 2 is 1.33 bits per heavy atom. The molecule has 27 heavy (non-hydrogen) atoms. The minimum atomic E-state index is 0.784. The van der Waals surface area contributed by atoms with Crippen LogP contribution in [0, 0.1) is 17.8 Å². The van der Waals surface area contributed by atoms with E-state index >= 15 is 0 Å². The van der Waals surface area contributed by atoms with E-state index in [0.717, 1.165) is 42.4 Å². The van der Waals surface area contributed by atoms with Crippen molar-refractivity contribution < 1.29 is 4.74 Å². The van der Waals surface area contributed by atoms with Gasteiger partial charge in [0.1, 0.15) is 5.75 Å². The Labute approximate surface area is 168 Å². The molecule has 1 nitrogen and oxygen atoms in total. The number of ether oxygens (including phenoxy) is 1. The summed E-state index contributed by atoms with van der Waals surface area (Å²) in [6.45, 7) is 5.39. The zero-order valence-electron chi connectivity index (χ0n) is 17.9. The van der Waals surface area contributed by atoms with Gasteiger partial charge in [0.2, 0.25) is 0 Å². The SMILES string of the molecule is CCCCOc1ccc([C@H]2CC[C@H]([C@H]3CC[C@H](CCCC)CC3)CC2)cc1. The van der Waals surface area contributed by atoms with Crippen molar-refractivity contribution in [3.8, 4) is 5.75 Å². The summed E-state index contributed by atoms with van der Waals surface area (Å²) in [6.07, 6.45) is 18.5. The van der Waals surface area contributed by atoms with E-state index in [4.69, 9.17) is 4.74 Å². The molecular weight excluding hydrogens is 328 g/mol. The van der Waals surface area contributed by atoms with Gasteiger partial charge in [0, 0.05) is 0 Å². The van der Waals surface area contributed by atoms with Crippen LogP contribution in [0.3, 0.4) is 0 Å².